The van der Waals surface area contributed by atoms with Gasteiger partial charge >= 0.3 is 0 Å². The summed E-state index contributed by atoms with van der Waals surface area (Å²) in [5.41, 5.74) is 1.10. The highest BCUT2D eigenvalue weighted by molar-refractivity contribution is 6.04. The molecule has 6 heteroatoms. The Morgan fingerprint density at radius 3 is 2.50 bits per heavy atom. The molecule has 1 saturated heterocycles. The third-order valence-electron chi connectivity index (χ3n) is 4.39. The van der Waals surface area contributed by atoms with Crippen LogP contribution >= 0.6 is 0 Å². The van der Waals surface area contributed by atoms with Gasteiger partial charge in [0, 0.05) is 6.04 Å². The first kappa shape index (κ1) is 16.9. The maximum atomic E-state index is 12.4. The van der Waals surface area contributed by atoms with Crippen molar-refractivity contribution < 1.29 is 19.2 Å². The zero-order valence-electron chi connectivity index (χ0n) is 14.3. The summed E-state index contributed by atoms with van der Waals surface area (Å²) in [7, 11) is 0. The van der Waals surface area contributed by atoms with E-state index in [4.69, 9.17) is 4.74 Å². The second-order valence-corrected chi connectivity index (χ2v) is 6.93. The molecule has 0 spiro atoms. The molecule has 0 bridgehead atoms. The topological polar surface area (TPSA) is 71.9 Å². The Bertz CT molecular complexity index is 605. The highest BCUT2D eigenvalue weighted by Gasteiger charge is 2.28. The number of anilines is 1. The Morgan fingerprint density at radius 2 is 1.83 bits per heavy atom. The van der Waals surface area contributed by atoms with Gasteiger partial charge in [0.25, 0.3) is 11.8 Å². The lowest BCUT2D eigenvalue weighted by atomic mass is 10.1. The number of benzene rings is 1. The van der Waals surface area contributed by atoms with E-state index in [1.54, 1.807) is 12.1 Å². The van der Waals surface area contributed by atoms with Gasteiger partial charge in [-0.05, 0) is 38.8 Å². The molecule has 2 fully saturated rings. The molecule has 1 heterocycles. The number of carbonyl (C=O) groups is 2. The van der Waals surface area contributed by atoms with Gasteiger partial charge in [0.05, 0.1) is 11.3 Å². The molecule has 1 aromatic carbocycles. The number of morpholine rings is 1. The first-order valence-electron chi connectivity index (χ1n) is 8.70. The number of amides is 2. The van der Waals surface area contributed by atoms with E-state index in [-0.39, 0.29) is 24.0 Å². The molecular weight excluding hydrogens is 306 g/mol. The first-order chi connectivity index (χ1) is 11.5. The van der Waals surface area contributed by atoms with Crippen LogP contribution in [0.1, 0.15) is 37.0 Å². The van der Waals surface area contributed by atoms with Crippen molar-refractivity contribution in [3.8, 4) is 0 Å². The van der Waals surface area contributed by atoms with E-state index in [2.05, 4.69) is 10.6 Å². The Hall–Kier alpha value is -1.92. The molecule has 130 valence electrons. The maximum absolute atomic E-state index is 12.4. The average molecular weight is 332 g/mol. The fourth-order valence-electron chi connectivity index (χ4n) is 3.24. The van der Waals surface area contributed by atoms with Crippen LogP contribution in [-0.4, -0.2) is 49.7 Å². The second-order valence-electron chi connectivity index (χ2n) is 6.93. The molecule has 0 aromatic heterocycles. The molecule has 0 unspecified atom stereocenters. The lowest BCUT2D eigenvalue weighted by molar-refractivity contribution is -0.907. The summed E-state index contributed by atoms with van der Waals surface area (Å²) in [4.78, 5) is 25.9. The molecule has 0 radical (unpaired) electrons. The van der Waals surface area contributed by atoms with E-state index in [1.807, 2.05) is 26.0 Å². The largest absolute Gasteiger partial charge is 0.364 e. The quantitative estimate of drug-likeness (QED) is 0.722. The molecule has 6 nitrogen and oxygen atoms in total. The van der Waals surface area contributed by atoms with Gasteiger partial charge < -0.3 is 20.3 Å². The van der Waals surface area contributed by atoms with Gasteiger partial charge in [0.15, 0.2) is 6.54 Å². The monoisotopic (exact) mass is 332 g/mol. The van der Waals surface area contributed by atoms with Crippen LogP contribution in [-0.2, 0) is 9.53 Å². The van der Waals surface area contributed by atoms with Crippen LogP contribution in [0.2, 0.25) is 0 Å². The van der Waals surface area contributed by atoms with Crippen molar-refractivity contribution in [2.45, 2.75) is 44.9 Å². The smallest absolute Gasteiger partial charge is 0.279 e. The van der Waals surface area contributed by atoms with Crippen molar-refractivity contribution in [3.63, 3.8) is 0 Å². The Balaban J connectivity index is 1.60. The lowest BCUT2D eigenvalue weighted by Crippen LogP contribution is -3.16. The summed E-state index contributed by atoms with van der Waals surface area (Å²) in [5, 5.41) is 5.87. The van der Waals surface area contributed by atoms with Crippen molar-refractivity contribution >= 4 is 17.5 Å². The Kier molecular flexibility index (Phi) is 5.16. The van der Waals surface area contributed by atoms with E-state index in [0.29, 0.717) is 23.8 Å². The van der Waals surface area contributed by atoms with Crippen molar-refractivity contribution in [2.75, 3.05) is 25.0 Å². The molecule has 2 aliphatic rings. The van der Waals surface area contributed by atoms with Crippen molar-refractivity contribution in [2.24, 2.45) is 0 Å². The van der Waals surface area contributed by atoms with Crippen LogP contribution < -0.4 is 15.5 Å². The highest BCUT2D eigenvalue weighted by atomic mass is 16.5. The molecule has 1 aliphatic carbocycles. The summed E-state index contributed by atoms with van der Waals surface area (Å²) in [6.07, 6.45) is 2.40. The van der Waals surface area contributed by atoms with E-state index >= 15 is 0 Å². The van der Waals surface area contributed by atoms with Crippen LogP contribution in [0.15, 0.2) is 24.3 Å². The zero-order valence-corrected chi connectivity index (χ0v) is 14.3. The van der Waals surface area contributed by atoms with Crippen LogP contribution in [0.4, 0.5) is 5.69 Å². The number of rotatable bonds is 5. The molecule has 3 rings (SSSR count). The summed E-state index contributed by atoms with van der Waals surface area (Å²) in [6.45, 7) is 6.09. The first-order valence-corrected chi connectivity index (χ1v) is 8.70. The average Bonchev–Trinajstić information content (AvgIpc) is 3.30. The third kappa shape index (κ3) is 4.55. The van der Waals surface area contributed by atoms with Crippen molar-refractivity contribution in [3.05, 3.63) is 29.8 Å². The Morgan fingerprint density at radius 1 is 1.17 bits per heavy atom. The fourth-order valence-corrected chi connectivity index (χ4v) is 3.24. The van der Waals surface area contributed by atoms with E-state index in [9.17, 15) is 9.59 Å². The van der Waals surface area contributed by atoms with Gasteiger partial charge in [-0.25, -0.2) is 0 Å². The highest BCUT2D eigenvalue weighted by Crippen LogP contribution is 2.21. The summed E-state index contributed by atoms with van der Waals surface area (Å²) >= 11 is 0. The van der Waals surface area contributed by atoms with E-state index in [0.717, 1.165) is 25.9 Å². The van der Waals surface area contributed by atoms with Crippen molar-refractivity contribution in [1.29, 1.82) is 0 Å². The normalized spacial score (nSPS) is 26.7. The molecule has 1 saturated carbocycles. The van der Waals surface area contributed by atoms with Gasteiger partial charge in [-0.15, -0.1) is 0 Å². The maximum Gasteiger partial charge on any atom is 0.279 e. The minimum absolute atomic E-state index is 0.0713. The molecule has 1 aromatic rings. The van der Waals surface area contributed by atoms with Crippen LogP contribution in [0.5, 0.6) is 0 Å². The molecule has 3 N–H and O–H groups in total. The van der Waals surface area contributed by atoms with Gasteiger partial charge in [0.2, 0.25) is 0 Å². The number of quaternary nitrogens is 1. The minimum atomic E-state index is -0.116. The van der Waals surface area contributed by atoms with Gasteiger partial charge in [-0.2, -0.15) is 0 Å². The number of hydrogen-bond acceptors (Lipinski definition) is 3. The number of nitrogens with one attached hydrogen (secondary N) is 3. The van der Waals surface area contributed by atoms with E-state index in [1.165, 1.54) is 4.90 Å². The van der Waals surface area contributed by atoms with Crippen LogP contribution in [0.3, 0.4) is 0 Å². The number of para-hydroxylation sites is 1. The molecule has 2 atom stereocenters. The summed E-state index contributed by atoms with van der Waals surface area (Å²) < 4.78 is 5.70. The SMILES string of the molecule is C[C@H]1C[NH+](CC(=O)Nc2ccccc2C(=O)NC2CC2)C[C@H](C)O1. The second kappa shape index (κ2) is 7.32. The van der Waals surface area contributed by atoms with Gasteiger partial charge in [-0.3, -0.25) is 9.59 Å². The summed E-state index contributed by atoms with van der Waals surface area (Å²) in [6, 6.07) is 7.46. The lowest BCUT2D eigenvalue weighted by Gasteiger charge is -2.31. The molecular formula is C18H26N3O3+. The van der Waals surface area contributed by atoms with Crippen LogP contribution in [0, 0.1) is 0 Å². The number of hydrogen-bond donors (Lipinski definition) is 3. The number of carbonyl (C=O) groups excluding carboxylic acids is 2. The standard InChI is InChI=1S/C18H25N3O3/c1-12-9-21(10-13(2)24-12)11-17(22)20-16-6-4-3-5-15(16)18(23)19-14-7-8-14/h3-6,12-14H,7-11H2,1-2H3,(H,19,23)(H,20,22)/p+1/t12-,13-/m0/s1. The molecule has 2 amide bonds. The third-order valence-corrected chi connectivity index (χ3v) is 4.39. The number of ether oxygens (including phenoxy) is 1. The Labute approximate surface area is 142 Å². The fraction of sp³-hybridized carbons (Fsp3) is 0.556. The summed E-state index contributed by atoms with van der Waals surface area (Å²) in [5.74, 6) is -0.188. The predicted octanol–water partition coefficient (Wildman–Crippen LogP) is 0.209. The molecule has 24 heavy (non-hydrogen) atoms. The molecule has 1 aliphatic heterocycles. The van der Waals surface area contributed by atoms with Gasteiger partial charge in [0.1, 0.15) is 25.3 Å². The van der Waals surface area contributed by atoms with Crippen LogP contribution in [0.25, 0.3) is 0 Å². The predicted molar refractivity (Wildman–Crippen MR) is 91.1 cm³/mol. The van der Waals surface area contributed by atoms with Gasteiger partial charge in [-0.1, -0.05) is 12.1 Å². The van der Waals surface area contributed by atoms with Crippen molar-refractivity contribution in [1.82, 2.24) is 5.32 Å². The minimum Gasteiger partial charge on any atom is -0.364 e. The zero-order chi connectivity index (χ0) is 17.1. The van der Waals surface area contributed by atoms with E-state index < -0.39 is 0 Å².